The van der Waals surface area contributed by atoms with Gasteiger partial charge in [-0.15, -0.1) is 11.3 Å². The molecule has 3 nitrogen and oxygen atoms in total. The number of nitrogens with one attached hydrogen (secondary N) is 1. The summed E-state index contributed by atoms with van der Waals surface area (Å²) in [4.78, 5) is 2.77. The highest BCUT2D eigenvalue weighted by Crippen LogP contribution is 2.25. The van der Waals surface area contributed by atoms with E-state index < -0.39 is 0 Å². The lowest BCUT2D eigenvalue weighted by Crippen LogP contribution is -2.02. The smallest absolute Gasteiger partial charge is 0.0881 e. The van der Waals surface area contributed by atoms with Crippen LogP contribution in [-0.2, 0) is 13.6 Å². The van der Waals surface area contributed by atoms with Crippen LogP contribution in [-0.4, -0.2) is 9.78 Å². The number of thiophene rings is 1. The van der Waals surface area contributed by atoms with Gasteiger partial charge in [-0.25, -0.2) is 0 Å². The molecule has 2 heterocycles. The summed E-state index contributed by atoms with van der Waals surface area (Å²) in [5, 5.41) is 8.02. The van der Waals surface area contributed by atoms with Gasteiger partial charge in [0, 0.05) is 29.5 Å². The van der Waals surface area contributed by atoms with E-state index in [0.29, 0.717) is 5.92 Å². The topological polar surface area (TPSA) is 29.9 Å². The maximum Gasteiger partial charge on any atom is 0.0881 e. The Hall–Kier alpha value is -1.29. The molecule has 0 aliphatic rings. The lowest BCUT2D eigenvalue weighted by atomic mass is 10.1. The molecule has 2 aromatic rings. The minimum Gasteiger partial charge on any atom is -0.378 e. The van der Waals surface area contributed by atoms with Crippen molar-refractivity contribution in [1.82, 2.24) is 9.78 Å². The SMILES string of the molecule is Cc1cc(CNc2cn(C)nc2C(C)C)c(C)s1. The monoisotopic (exact) mass is 263 g/mol. The summed E-state index contributed by atoms with van der Waals surface area (Å²) in [6.45, 7) is 9.56. The summed E-state index contributed by atoms with van der Waals surface area (Å²) >= 11 is 1.86. The highest BCUT2D eigenvalue weighted by Gasteiger charge is 2.11. The minimum atomic E-state index is 0.444. The van der Waals surface area contributed by atoms with Crippen LogP contribution in [0.15, 0.2) is 12.3 Å². The van der Waals surface area contributed by atoms with Crippen LogP contribution < -0.4 is 5.32 Å². The van der Waals surface area contributed by atoms with Gasteiger partial charge in [-0.1, -0.05) is 13.8 Å². The highest BCUT2D eigenvalue weighted by molar-refractivity contribution is 7.12. The van der Waals surface area contributed by atoms with Gasteiger partial charge in [0.15, 0.2) is 0 Å². The van der Waals surface area contributed by atoms with Crippen LogP contribution >= 0.6 is 11.3 Å². The lowest BCUT2D eigenvalue weighted by molar-refractivity contribution is 0.713. The molecule has 0 amide bonds. The average Bonchev–Trinajstić information content (AvgIpc) is 2.79. The summed E-state index contributed by atoms with van der Waals surface area (Å²) < 4.78 is 1.88. The van der Waals surface area contributed by atoms with Crippen molar-refractivity contribution in [3.8, 4) is 0 Å². The summed E-state index contributed by atoms with van der Waals surface area (Å²) in [5.74, 6) is 0.444. The molecule has 0 fully saturated rings. The normalized spacial score (nSPS) is 11.2. The quantitative estimate of drug-likeness (QED) is 0.908. The van der Waals surface area contributed by atoms with Crippen LogP contribution in [0.25, 0.3) is 0 Å². The number of hydrogen-bond acceptors (Lipinski definition) is 3. The van der Waals surface area contributed by atoms with Crippen LogP contribution in [0.2, 0.25) is 0 Å². The number of rotatable bonds is 4. The highest BCUT2D eigenvalue weighted by atomic mass is 32.1. The summed E-state index contributed by atoms with van der Waals surface area (Å²) in [7, 11) is 1.97. The third-order valence-electron chi connectivity index (χ3n) is 3.02. The summed E-state index contributed by atoms with van der Waals surface area (Å²) in [6.07, 6.45) is 2.06. The first-order valence-electron chi connectivity index (χ1n) is 6.30. The maximum atomic E-state index is 4.51. The van der Waals surface area contributed by atoms with E-state index >= 15 is 0 Å². The average molecular weight is 263 g/mol. The van der Waals surface area contributed by atoms with E-state index in [1.807, 2.05) is 23.1 Å². The molecule has 0 aliphatic carbocycles. The fraction of sp³-hybridized carbons (Fsp3) is 0.500. The molecule has 0 saturated carbocycles. The fourth-order valence-corrected chi connectivity index (χ4v) is 3.06. The standard InChI is InChI=1S/C14H21N3S/c1-9(2)14-13(8-17(5)16-14)15-7-12-6-10(3)18-11(12)4/h6,8-9,15H,7H2,1-5H3. The number of aromatic nitrogens is 2. The molecule has 4 heteroatoms. The Kier molecular flexibility index (Phi) is 3.76. The van der Waals surface area contributed by atoms with Gasteiger partial charge >= 0.3 is 0 Å². The molecule has 0 radical (unpaired) electrons. The van der Waals surface area contributed by atoms with Crippen molar-refractivity contribution in [2.24, 2.45) is 7.05 Å². The van der Waals surface area contributed by atoms with Crippen molar-refractivity contribution in [2.75, 3.05) is 5.32 Å². The molecule has 0 spiro atoms. The predicted octanol–water partition coefficient (Wildman–Crippen LogP) is 3.83. The molecule has 18 heavy (non-hydrogen) atoms. The second-order valence-corrected chi connectivity index (χ2v) is 6.51. The van der Waals surface area contributed by atoms with Gasteiger partial charge in [-0.3, -0.25) is 4.68 Å². The molecule has 98 valence electrons. The molecule has 0 bridgehead atoms. The van der Waals surface area contributed by atoms with Crippen LogP contribution in [0.5, 0.6) is 0 Å². The van der Waals surface area contributed by atoms with Gasteiger partial charge in [-0.05, 0) is 31.4 Å². The zero-order valence-corrected chi connectivity index (χ0v) is 12.6. The summed E-state index contributed by atoms with van der Waals surface area (Å²) in [6, 6.07) is 2.26. The Labute approximate surface area is 113 Å². The second-order valence-electron chi connectivity index (χ2n) is 5.05. The first kappa shape index (κ1) is 13.1. The summed E-state index contributed by atoms with van der Waals surface area (Å²) in [5.41, 5.74) is 3.67. The van der Waals surface area contributed by atoms with Crippen molar-refractivity contribution in [3.05, 3.63) is 33.3 Å². The maximum absolute atomic E-state index is 4.51. The molecule has 1 N–H and O–H groups in total. The zero-order valence-electron chi connectivity index (χ0n) is 11.7. The molecule has 2 aromatic heterocycles. The first-order valence-corrected chi connectivity index (χ1v) is 7.12. The molecular formula is C14H21N3S. The Morgan fingerprint density at radius 2 is 2.11 bits per heavy atom. The van der Waals surface area contributed by atoms with Crippen LogP contribution in [0.3, 0.4) is 0 Å². The van der Waals surface area contributed by atoms with Crippen molar-refractivity contribution in [3.63, 3.8) is 0 Å². The van der Waals surface area contributed by atoms with E-state index in [-0.39, 0.29) is 0 Å². The number of aryl methyl sites for hydroxylation is 3. The molecular weight excluding hydrogens is 242 g/mol. The van der Waals surface area contributed by atoms with Crippen molar-refractivity contribution in [1.29, 1.82) is 0 Å². The van der Waals surface area contributed by atoms with Gasteiger partial charge in [0.05, 0.1) is 11.4 Å². The van der Waals surface area contributed by atoms with Gasteiger partial charge in [0.2, 0.25) is 0 Å². The van der Waals surface area contributed by atoms with E-state index in [4.69, 9.17) is 0 Å². The molecule has 0 saturated heterocycles. The van der Waals surface area contributed by atoms with E-state index in [1.165, 1.54) is 15.3 Å². The van der Waals surface area contributed by atoms with Crippen molar-refractivity contribution in [2.45, 2.75) is 40.2 Å². The molecule has 0 aromatic carbocycles. The van der Waals surface area contributed by atoms with Gasteiger partial charge < -0.3 is 5.32 Å². The van der Waals surface area contributed by atoms with E-state index in [9.17, 15) is 0 Å². The molecule has 2 rings (SSSR count). The van der Waals surface area contributed by atoms with Gasteiger partial charge in [-0.2, -0.15) is 5.10 Å². The number of nitrogens with zero attached hydrogens (tertiary/aromatic N) is 2. The molecule has 0 unspecified atom stereocenters. The van der Waals surface area contributed by atoms with E-state index in [0.717, 1.165) is 17.9 Å². The Bertz CT molecular complexity index is 537. The van der Waals surface area contributed by atoms with Crippen LogP contribution in [0.4, 0.5) is 5.69 Å². The van der Waals surface area contributed by atoms with Crippen LogP contribution in [0.1, 0.15) is 40.8 Å². The Morgan fingerprint density at radius 1 is 1.39 bits per heavy atom. The van der Waals surface area contributed by atoms with Gasteiger partial charge in [0.1, 0.15) is 0 Å². The zero-order chi connectivity index (χ0) is 13.3. The molecule has 0 atom stereocenters. The van der Waals surface area contributed by atoms with Crippen LogP contribution in [0, 0.1) is 13.8 Å². The van der Waals surface area contributed by atoms with E-state index in [1.54, 1.807) is 0 Å². The molecule has 0 aliphatic heterocycles. The largest absolute Gasteiger partial charge is 0.378 e. The third kappa shape index (κ3) is 2.75. The Morgan fingerprint density at radius 3 is 2.67 bits per heavy atom. The third-order valence-corrected chi connectivity index (χ3v) is 4.03. The first-order chi connectivity index (χ1) is 8.47. The lowest BCUT2D eigenvalue weighted by Gasteiger charge is -2.08. The number of hydrogen-bond donors (Lipinski definition) is 1. The predicted molar refractivity (Wildman–Crippen MR) is 78.4 cm³/mol. The number of anilines is 1. The Balaban J connectivity index is 2.13. The second kappa shape index (κ2) is 5.14. The van der Waals surface area contributed by atoms with E-state index in [2.05, 4.69) is 50.4 Å². The van der Waals surface area contributed by atoms with Crippen molar-refractivity contribution >= 4 is 17.0 Å². The minimum absolute atomic E-state index is 0.444. The fourth-order valence-electron chi connectivity index (χ4n) is 2.12. The van der Waals surface area contributed by atoms with Crippen molar-refractivity contribution < 1.29 is 0 Å². The van der Waals surface area contributed by atoms with Gasteiger partial charge in [0.25, 0.3) is 0 Å².